The van der Waals surface area contributed by atoms with Crippen LogP contribution in [-0.2, 0) is 12.8 Å². The quantitative estimate of drug-likeness (QED) is 0.350. The number of aromatic nitrogens is 6. The summed E-state index contributed by atoms with van der Waals surface area (Å²) in [5.74, 6) is 1.12. The van der Waals surface area contributed by atoms with E-state index in [1.807, 2.05) is 18.5 Å². The van der Waals surface area contributed by atoms with Crippen molar-refractivity contribution in [3.05, 3.63) is 39.7 Å². The van der Waals surface area contributed by atoms with Gasteiger partial charge in [0.2, 0.25) is 17.2 Å². The summed E-state index contributed by atoms with van der Waals surface area (Å²) in [6.45, 7) is 1.99. The summed E-state index contributed by atoms with van der Waals surface area (Å²) in [6.07, 6.45) is 10.3. The number of nitrogens with two attached hydrogens (primary N) is 1. The zero-order chi connectivity index (χ0) is 23.2. The van der Waals surface area contributed by atoms with Crippen LogP contribution < -0.4 is 16.4 Å². The predicted molar refractivity (Wildman–Crippen MR) is 135 cm³/mol. The summed E-state index contributed by atoms with van der Waals surface area (Å²) in [6, 6.07) is 3.34. The van der Waals surface area contributed by atoms with Crippen LogP contribution in [0.1, 0.15) is 48.9 Å². The molecule has 0 aliphatic heterocycles. The Kier molecular flexibility index (Phi) is 5.59. The molecule has 4 heterocycles. The molecule has 1 atom stereocenters. The average Bonchev–Trinajstić information content (AvgIpc) is 3.55. The van der Waals surface area contributed by atoms with E-state index < -0.39 is 0 Å². The van der Waals surface area contributed by atoms with Crippen molar-refractivity contribution in [3.63, 3.8) is 0 Å². The molecule has 0 aromatic carbocycles. The number of aryl methyl sites for hydroxylation is 2. The normalized spacial score (nSPS) is 18.5. The van der Waals surface area contributed by atoms with Gasteiger partial charge in [-0.05, 0) is 73.2 Å². The van der Waals surface area contributed by atoms with Crippen LogP contribution in [0, 0.1) is 6.92 Å². The summed E-state index contributed by atoms with van der Waals surface area (Å²) >= 11 is 7.70. The lowest BCUT2D eigenvalue weighted by Crippen LogP contribution is -2.40. The molecule has 1 fully saturated rings. The summed E-state index contributed by atoms with van der Waals surface area (Å²) in [5, 5.41) is 13.8. The highest BCUT2D eigenvalue weighted by atomic mass is 35.5. The van der Waals surface area contributed by atoms with Gasteiger partial charge in [0.05, 0.1) is 22.1 Å². The highest BCUT2D eigenvalue weighted by Gasteiger charge is 2.24. The fraction of sp³-hybridized carbons (Fsp3) is 0.435. The van der Waals surface area contributed by atoms with Gasteiger partial charge in [-0.25, -0.2) is 4.98 Å². The van der Waals surface area contributed by atoms with Gasteiger partial charge in [-0.1, -0.05) is 12.8 Å². The maximum absolute atomic E-state index is 6.21. The van der Waals surface area contributed by atoms with Crippen LogP contribution in [0.15, 0.2) is 17.6 Å². The summed E-state index contributed by atoms with van der Waals surface area (Å²) in [5.41, 5.74) is 11.3. The van der Waals surface area contributed by atoms with Gasteiger partial charge in [-0.15, -0.1) is 16.4 Å². The molecule has 4 N–H and O–H groups in total. The fourth-order valence-electron chi connectivity index (χ4n) is 5.05. The van der Waals surface area contributed by atoms with Crippen LogP contribution in [-0.4, -0.2) is 41.8 Å². The van der Waals surface area contributed by atoms with Crippen molar-refractivity contribution in [3.8, 4) is 5.82 Å². The van der Waals surface area contributed by atoms with Gasteiger partial charge in [0.25, 0.3) is 0 Å². The molecule has 0 spiro atoms. The minimum atomic E-state index is 0.146. The standard InChI is InChI=1S/C23H26ClN9S/c1-12-11-34-19-18(12)29-21(24)30-20(19)33-22(25)31-23(32-33)28-16-9-13-8-15(6-7-17(13)26-10-16)27-14-4-2-3-5-14/h9-11,14-15,27H,2-8H2,1H3,(H3,25,28,31,32). The van der Waals surface area contributed by atoms with E-state index >= 15 is 0 Å². The Morgan fingerprint density at radius 3 is 2.85 bits per heavy atom. The van der Waals surface area contributed by atoms with Crippen molar-refractivity contribution in [2.75, 3.05) is 11.1 Å². The van der Waals surface area contributed by atoms with E-state index in [1.165, 1.54) is 53.0 Å². The largest absolute Gasteiger partial charge is 0.368 e. The second-order valence-corrected chi connectivity index (χ2v) is 10.4. The van der Waals surface area contributed by atoms with Crippen LogP contribution in [0.25, 0.3) is 16.0 Å². The highest BCUT2D eigenvalue weighted by molar-refractivity contribution is 7.17. The van der Waals surface area contributed by atoms with Gasteiger partial charge in [-0.2, -0.15) is 14.6 Å². The number of hydrogen-bond acceptors (Lipinski definition) is 9. The molecule has 2 aliphatic carbocycles. The van der Waals surface area contributed by atoms with E-state index in [0.29, 0.717) is 23.8 Å². The van der Waals surface area contributed by atoms with Gasteiger partial charge in [0.1, 0.15) is 0 Å². The van der Waals surface area contributed by atoms with Gasteiger partial charge in [0, 0.05) is 17.8 Å². The number of halogens is 1. The van der Waals surface area contributed by atoms with Crippen molar-refractivity contribution < 1.29 is 0 Å². The molecule has 2 aliphatic rings. The molecule has 4 aromatic rings. The number of hydrogen-bond donors (Lipinski definition) is 3. The smallest absolute Gasteiger partial charge is 0.248 e. The number of rotatable bonds is 5. The molecular weight excluding hydrogens is 470 g/mol. The minimum Gasteiger partial charge on any atom is -0.368 e. The molecule has 34 heavy (non-hydrogen) atoms. The van der Waals surface area contributed by atoms with E-state index in [0.717, 1.165) is 40.7 Å². The van der Waals surface area contributed by atoms with E-state index in [-0.39, 0.29) is 11.2 Å². The van der Waals surface area contributed by atoms with Crippen LogP contribution in [0.5, 0.6) is 0 Å². The summed E-state index contributed by atoms with van der Waals surface area (Å²) in [7, 11) is 0. The highest BCUT2D eigenvalue weighted by Crippen LogP contribution is 2.31. The first-order valence-corrected chi connectivity index (χ1v) is 12.9. The molecule has 0 amide bonds. The second kappa shape index (κ2) is 8.75. The third-order valence-corrected chi connectivity index (χ3v) is 7.97. The zero-order valence-corrected chi connectivity index (χ0v) is 20.5. The topological polar surface area (TPSA) is 119 Å². The summed E-state index contributed by atoms with van der Waals surface area (Å²) < 4.78 is 2.36. The van der Waals surface area contributed by atoms with Gasteiger partial charge >= 0.3 is 0 Å². The summed E-state index contributed by atoms with van der Waals surface area (Å²) in [4.78, 5) is 17.8. The Morgan fingerprint density at radius 1 is 1.15 bits per heavy atom. The molecule has 6 rings (SSSR count). The Morgan fingerprint density at radius 2 is 2.00 bits per heavy atom. The number of nitrogen functional groups attached to an aromatic ring is 1. The number of anilines is 3. The number of pyridine rings is 1. The zero-order valence-electron chi connectivity index (χ0n) is 18.9. The maximum Gasteiger partial charge on any atom is 0.248 e. The van der Waals surface area contributed by atoms with Crippen LogP contribution >= 0.6 is 22.9 Å². The van der Waals surface area contributed by atoms with Crippen molar-refractivity contribution in [2.45, 2.75) is 64.0 Å². The van der Waals surface area contributed by atoms with Crippen molar-refractivity contribution >= 4 is 50.7 Å². The first-order chi connectivity index (χ1) is 16.5. The molecule has 176 valence electrons. The average molecular weight is 496 g/mol. The van der Waals surface area contributed by atoms with E-state index in [4.69, 9.17) is 22.3 Å². The Bertz CT molecular complexity index is 1360. The van der Waals surface area contributed by atoms with E-state index in [1.54, 1.807) is 0 Å². The molecule has 0 radical (unpaired) electrons. The lowest BCUT2D eigenvalue weighted by atomic mass is 9.91. The van der Waals surface area contributed by atoms with Crippen LogP contribution in [0.4, 0.5) is 17.6 Å². The number of thiophene rings is 1. The van der Waals surface area contributed by atoms with Crippen LogP contribution in [0.2, 0.25) is 5.28 Å². The SMILES string of the molecule is Cc1csc2c(-n3nc(Nc4cnc5c(c4)CC(NC4CCCC4)CC5)nc3N)nc(Cl)nc12. The number of fused-ring (bicyclic) bond motifs is 2. The Hall–Kier alpha value is -2.82. The molecule has 4 aromatic heterocycles. The first kappa shape index (κ1) is 21.7. The first-order valence-electron chi connectivity index (χ1n) is 11.7. The molecule has 11 heteroatoms. The molecule has 1 unspecified atom stereocenters. The van der Waals surface area contributed by atoms with Crippen LogP contribution in [0.3, 0.4) is 0 Å². The monoisotopic (exact) mass is 495 g/mol. The molecular formula is C23H26ClN9S. The molecule has 0 saturated heterocycles. The molecule has 1 saturated carbocycles. The van der Waals surface area contributed by atoms with Crippen molar-refractivity contribution in [2.24, 2.45) is 0 Å². The molecule has 9 nitrogen and oxygen atoms in total. The van der Waals surface area contributed by atoms with Gasteiger partial charge in [0.15, 0.2) is 5.82 Å². The fourth-order valence-corrected chi connectivity index (χ4v) is 6.18. The van der Waals surface area contributed by atoms with Gasteiger partial charge in [-0.3, -0.25) is 4.98 Å². The maximum atomic E-state index is 6.21. The predicted octanol–water partition coefficient (Wildman–Crippen LogP) is 4.34. The van der Waals surface area contributed by atoms with E-state index in [2.05, 4.69) is 36.8 Å². The van der Waals surface area contributed by atoms with Gasteiger partial charge < -0.3 is 16.4 Å². The Labute approximate surface area is 206 Å². The van der Waals surface area contributed by atoms with Crippen molar-refractivity contribution in [1.82, 2.24) is 35.0 Å². The lowest BCUT2D eigenvalue weighted by Gasteiger charge is -2.28. The minimum absolute atomic E-state index is 0.146. The lowest BCUT2D eigenvalue weighted by molar-refractivity contribution is 0.393. The number of nitrogens with zero attached hydrogens (tertiary/aromatic N) is 6. The third-order valence-electron chi connectivity index (χ3n) is 6.72. The number of nitrogens with one attached hydrogen (secondary N) is 2. The van der Waals surface area contributed by atoms with Crippen molar-refractivity contribution in [1.29, 1.82) is 0 Å². The third kappa shape index (κ3) is 4.10. The van der Waals surface area contributed by atoms with E-state index in [9.17, 15) is 0 Å². The Balaban J connectivity index is 1.24. The second-order valence-electron chi connectivity index (χ2n) is 9.16. The molecule has 0 bridgehead atoms.